The molecular formula is C22H27ClN6O. The standard InChI is InChI=1S/C22H27ClN6O/c1-2-5-19(27-17-8-3-7-16(23)11-17)20(30)10-15-6-4-9-29(13-15)22-18-12-26-28-21(18)24-14-25-22/h3,7-8,11-12,14-15,19,27H,2,4-6,9-10,13H2,1H3,(H,24,25,26,28)/t15-,19+/m0/s1. The summed E-state index contributed by atoms with van der Waals surface area (Å²) >= 11 is 6.10. The van der Waals surface area contributed by atoms with Crippen LogP contribution in [0.25, 0.3) is 11.0 Å². The van der Waals surface area contributed by atoms with Crippen LogP contribution in [0.1, 0.15) is 39.0 Å². The zero-order chi connectivity index (χ0) is 20.9. The van der Waals surface area contributed by atoms with E-state index in [9.17, 15) is 4.79 Å². The van der Waals surface area contributed by atoms with Gasteiger partial charge >= 0.3 is 0 Å². The molecule has 0 unspecified atom stereocenters. The molecule has 7 nitrogen and oxygen atoms in total. The van der Waals surface area contributed by atoms with Crippen LogP contribution < -0.4 is 10.2 Å². The molecule has 1 fully saturated rings. The number of aromatic amines is 1. The summed E-state index contributed by atoms with van der Waals surface area (Å²) in [6, 6.07) is 7.36. The normalized spacial score (nSPS) is 17.8. The highest BCUT2D eigenvalue weighted by Crippen LogP contribution is 2.28. The number of Topliss-reactive ketones (excluding diaryl/α,β-unsaturated/α-hetero) is 1. The second-order valence-electron chi connectivity index (χ2n) is 7.95. The zero-order valence-corrected chi connectivity index (χ0v) is 17.9. The van der Waals surface area contributed by atoms with Crippen LogP contribution >= 0.6 is 11.6 Å². The number of hydrogen-bond acceptors (Lipinski definition) is 6. The molecule has 2 N–H and O–H groups in total. The fourth-order valence-electron chi connectivity index (χ4n) is 4.24. The maximum atomic E-state index is 13.2. The SMILES string of the molecule is CCC[C@@H](Nc1cccc(Cl)c1)C(=O)C[C@@H]1CCCN(c2ncnc3[nH]ncc23)C1. The Hall–Kier alpha value is -2.67. The van der Waals surface area contributed by atoms with Crippen LogP contribution in [-0.4, -0.2) is 45.1 Å². The van der Waals surface area contributed by atoms with Crippen molar-refractivity contribution < 1.29 is 4.79 Å². The molecule has 30 heavy (non-hydrogen) atoms. The molecule has 0 radical (unpaired) electrons. The quantitative estimate of drug-likeness (QED) is 0.552. The number of carbonyl (C=O) groups is 1. The molecule has 0 bridgehead atoms. The van der Waals surface area contributed by atoms with Gasteiger partial charge < -0.3 is 10.2 Å². The van der Waals surface area contributed by atoms with Crippen molar-refractivity contribution in [3.63, 3.8) is 0 Å². The van der Waals surface area contributed by atoms with Crippen molar-refractivity contribution in [1.82, 2.24) is 20.2 Å². The Morgan fingerprint density at radius 3 is 3.13 bits per heavy atom. The number of nitrogens with zero attached hydrogens (tertiary/aromatic N) is 4. The summed E-state index contributed by atoms with van der Waals surface area (Å²) in [5.41, 5.74) is 1.63. The third kappa shape index (κ3) is 4.73. The van der Waals surface area contributed by atoms with Gasteiger partial charge in [0.05, 0.1) is 17.6 Å². The Bertz CT molecular complexity index is 1010. The number of halogens is 1. The Kier molecular flexibility index (Phi) is 6.47. The highest BCUT2D eigenvalue weighted by molar-refractivity contribution is 6.30. The van der Waals surface area contributed by atoms with Gasteiger partial charge in [-0.1, -0.05) is 31.0 Å². The van der Waals surface area contributed by atoms with E-state index in [2.05, 4.69) is 37.3 Å². The van der Waals surface area contributed by atoms with Gasteiger partial charge in [0.25, 0.3) is 0 Å². The first kappa shape index (κ1) is 20.6. The zero-order valence-electron chi connectivity index (χ0n) is 17.1. The number of ketones is 1. The number of piperidine rings is 1. The van der Waals surface area contributed by atoms with Crippen LogP contribution in [0.3, 0.4) is 0 Å². The molecule has 158 valence electrons. The van der Waals surface area contributed by atoms with Crippen LogP contribution in [0.4, 0.5) is 11.5 Å². The molecule has 0 aliphatic carbocycles. The van der Waals surface area contributed by atoms with E-state index in [4.69, 9.17) is 11.6 Å². The largest absolute Gasteiger partial charge is 0.375 e. The number of anilines is 2. The molecule has 1 aliphatic rings. The minimum Gasteiger partial charge on any atom is -0.375 e. The second kappa shape index (κ2) is 9.43. The van der Waals surface area contributed by atoms with Crippen molar-refractivity contribution in [2.24, 2.45) is 5.92 Å². The molecule has 0 saturated carbocycles. The first-order valence-electron chi connectivity index (χ1n) is 10.6. The molecular weight excluding hydrogens is 400 g/mol. The Balaban J connectivity index is 1.43. The van der Waals surface area contributed by atoms with E-state index in [1.54, 1.807) is 12.5 Å². The molecule has 2 atom stereocenters. The van der Waals surface area contributed by atoms with E-state index < -0.39 is 0 Å². The highest BCUT2D eigenvalue weighted by atomic mass is 35.5. The van der Waals surface area contributed by atoms with E-state index in [-0.39, 0.29) is 11.8 Å². The fourth-order valence-corrected chi connectivity index (χ4v) is 4.43. The fraction of sp³-hybridized carbons (Fsp3) is 0.455. The Labute approximate surface area is 181 Å². The molecule has 4 rings (SSSR count). The Morgan fingerprint density at radius 1 is 1.40 bits per heavy atom. The molecule has 8 heteroatoms. The maximum absolute atomic E-state index is 13.2. The number of H-pyrrole nitrogens is 1. The van der Waals surface area contributed by atoms with Crippen molar-refractivity contribution >= 4 is 39.9 Å². The van der Waals surface area contributed by atoms with Crippen molar-refractivity contribution in [3.8, 4) is 0 Å². The maximum Gasteiger partial charge on any atom is 0.160 e. The minimum atomic E-state index is -0.191. The predicted octanol–water partition coefficient (Wildman–Crippen LogP) is 4.46. The topological polar surface area (TPSA) is 86.8 Å². The molecule has 3 aromatic rings. The van der Waals surface area contributed by atoms with Gasteiger partial charge in [-0.25, -0.2) is 9.97 Å². The van der Waals surface area contributed by atoms with Crippen molar-refractivity contribution in [2.75, 3.05) is 23.3 Å². The molecule has 1 aromatic carbocycles. The van der Waals surface area contributed by atoms with Gasteiger partial charge in [-0.3, -0.25) is 9.89 Å². The van der Waals surface area contributed by atoms with Crippen molar-refractivity contribution in [1.29, 1.82) is 0 Å². The highest BCUT2D eigenvalue weighted by Gasteiger charge is 2.27. The van der Waals surface area contributed by atoms with Gasteiger partial charge in [-0.05, 0) is 43.4 Å². The number of hydrogen-bond donors (Lipinski definition) is 2. The third-order valence-electron chi connectivity index (χ3n) is 5.67. The lowest BCUT2D eigenvalue weighted by Gasteiger charge is -2.34. The van der Waals surface area contributed by atoms with E-state index in [1.165, 1.54) is 0 Å². The van der Waals surface area contributed by atoms with Gasteiger partial charge in [-0.2, -0.15) is 5.10 Å². The molecule has 2 aromatic heterocycles. The first-order chi connectivity index (χ1) is 14.6. The lowest BCUT2D eigenvalue weighted by molar-refractivity contribution is -0.120. The van der Waals surface area contributed by atoms with Gasteiger partial charge in [0.2, 0.25) is 0 Å². The molecule has 3 heterocycles. The van der Waals surface area contributed by atoms with Gasteiger partial charge in [0.15, 0.2) is 11.4 Å². The van der Waals surface area contributed by atoms with E-state index in [1.807, 2.05) is 24.3 Å². The number of aromatic nitrogens is 4. The van der Waals surface area contributed by atoms with E-state index in [0.717, 1.165) is 61.3 Å². The smallest absolute Gasteiger partial charge is 0.160 e. The number of carbonyl (C=O) groups excluding carboxylic acids is 1. The molecule has 0 spiro atoms. The number of nitrogens with one attached hydrogen (secondary N) is 2. The lowest BCUT2D eigenvalue weighted by Crippen LogP contribution is -2.39. The minimum absolute atomic E-state index is 0.191. The molecule has 1 aliphatic heterocycles. The van der Waals surface area contributed by atoms with Gasteiger partial charge in [0.1, 0.15) is 12.1 Å². The van der Waals surface area contributed by atoms with Crippen molar-refractivity contribution in [3.05, 3.63) is 41.8 Å². The summed E-state index contributed by atoms with van der Waals surface area (Å²) in [4.78, 5) is 24.1. The molecule has 1 saturated heterocycles. The summed E-state index contributed by atoms with van der Waals surface area (Å²) in [6.45, 7) is 3.85. The van der Waals surface area contributed by atoms with E-state index in [0.29, 0.717) is 17.4 Å². The summed E-state index contributed by atoms with van der Waals surface area (Å²) in [5, 5.41) is 12.0. The lowest BCUT2D eigenvalue weighted by atomic mass is 9.89. The average Bonchev–Trinajstić information content (AvgIpc) is 3.22. The van der Waals surface area contributed by atoms with Crippen molar-refractivity contribution in [2.45, 2.75) is 45.1 Å². The van der Waals surface area contributed by atoms with Crippen LogP contribution in [0.15, 0.2) is 36.8 Å². The average molecular weight is 427 g/mol. The Morgan fingerprint density at radius 2 is 2.30 bits per heavy atom. The van der Waals surface area contributed by atoms with E-state index >= 15 is 0 Å². The van der Waals surface area contributed by atoms with Gasteiger partial charge in [0, 0.05) is 30.2 Å². The number of benzene rings is 1. The summed E-state index contributed by atoms with van der Waals surface area (Å²) in [5.74, 6) is 1.47. The second-order valence-corrected chi connectivity index (χ2v) is 8.39. The number of fused-ring (bicyclic) bond motifs is 1. The van der Waals surface area contributed by atoms with Crippen LogP contribution in [0, 0.1) is 5.92 Å². The summed E-state index contributed by atoms with van der Waals surface area (Å²) < 4.78 is 0. The van der Waals surface area contributed by atoms with Crippen LogP contribution in [-0.2, 0) is 4.79 Å². The van der Waals surface area contributed by atoms with Crippen LogP contribution in [0.2, 0.25) is 5.02 Å². The van der Waals surface area contributed by atoms with Crippen LogP contribution in [0.5, 0.6) is 0 Å². The summed E-state index contributed by atoms with van der Waals surface area (Å²) in [6.07, 6.45) is 7.75. The first-order valence-corrected chi connectivity index (χ1v) is 11.0. The van der Waals surface area contributed by atoms with Gasteiger partial charge in [-0.15, -0.1) is 0 Å². The number of rotatable bonds is 8. The monoisotopic (exact) mass is 426 g/mol. The third-order valence-corrected chi connectivity index (χ3v) is 5.90. The molecule has 0 amide bonds. The predicted molar refractivity (Wildman–Crippen MR) is 120 cm³/mol. The summed E-state index contributed by atoms with van der Waals surface area (Å²) in [7, 11) is 0.